The Morgan fingerprint density at radius 3 is 2.04 bits per heavy atom. The Kier molecular flexibility index (Phi) is 15.5. The summed E-state index contributed by atoms with van der Waals surface area (Å²) >= 11 is 0. The normalized spacial score (nSPS) is 20.1. The molecule has 7 atom stereocenters. The number of halogens is 7. The van der Waals surface area contributed by atoms with Crippen molar-refractivity contribution in [2.75, 3.05) is 33.4 Å². The second kappa shape index (κ2) is 18.5. The minimum Gasteiger partial charge on any atom is -0.394 e. The molecule has 2 aromatic carbocycles. The van der Waals surface area contributed by atoms with E-state index >= 15 is 0 Å². The first kappa shape index (κ1) is 45.1. The number of aliphatic hydroxyl groups is 5. The number of rotatable bonds is 13. The van der Waals surface area contributed by atoms with Gasteiger partial charge in [-0.25, -0.2) is 13.8 Å². The summed E-state index contributed by atoms with van der Waals surface area (Å²) in [4.78, 5) is 34.3. The maximum Gasteiger partial charge on any atom is 0.454 e. The van der Waals surface area contributed by atoms with Crippen molar-refractivity contribution in [2.45, 2.75) is 68.7 Å². The third-order valence-corrected chi connectivity index (χ3v) is 8.69. The predicted molar refractivity (Wildman–Crippen MR) is 171 cm³/mol. The molecule has 9 N–H and O–H groups in total. The Bertz CT molecular complexity index is 1730. The van der Waals surface area contributed by atoms with Gasteiger partial charge >= 0.3 is 25.8 Å². The molecule has 1 aliphatic heterocycles. The lowest BCUT2D eigenvalue weighted by molar-refractivity contribution is -0.231. The first-order valence-electron chi connectivity index (χ1n) is 15.8. The maximum absolute atomic E-state index is 13.7. The molecular formula is C30H39F7N5O11P. The molecule has 16 nitrogen and oxygen atoms in total. The Balaban J connectivity index is 0.000000515. The molecule has 54 heavy (non-hydrogen) atoms. The topological polar surface area (TPSA) is 243 Å². The molecule has 1 saturated heterocycles. The van der Waals surface area contributed by atoms with E-state index in [0.717, 1.165) is 12.1 Å². The first-order valence-corrected chi connectivity index (χ1v) is 17.3. The van der Waals surface area contributed by atoms with Gasteiger partial charge in [0.25, 0.3) is 0 Å². The number of ether oxygens (including phenoxy) is 2. The SMILES string of the molecule is CNC[C@H](O)[C@@H](O)[C@H](O)[C@H](O)CO.C[C@@H](O[C@@H]1OCCN(Cc2nn(P(=O)(O)O)c(=O)[nH]2)[C@@H]1c1ccc(F)cc1)c1cc(C(F)(F)F)cc(C(F)(F)F)c1. The smallest absolute Gasteiger partial charge is 0.394 e. The second-order valence-electron chi connectivity index (χ2n) is 12.0. The molecule has 0 bridgehead atoms. The lowest BCUT2D eigenvalue weighted by Crippen LogP contribution is -2.48. The molecule has 304 valence electrons. The summed E-state index contributed by atoms with van der Waals surface area (Å²) in [7, 11) is -3.50. The van der Waals surface area contributed by atoms with Gasteiger partial charge in [0.2, 0.25) is 0 Å². The second-order valence-corrected chi connectivity index (χ2v) is 13.4. The van der Waals surface area contributed by atoms with Crippen LogP contribution in [-0.2, 0) is 32.9 Å². The van der Waals surface area contributed by atoms with Gasteiger partial charge in [0, 0.05) is 13.1 Å². The van der Waals surface area contributed by atoms with E-state index in [1.54, 1.807) is 11.9 Å². The van der Waals surface area contributed by atoms with Gasteiger partial charge in [-0.2, -0.15) is 26.3 Å². The van der Waals surface area contributed by atoms with E-state index in [1.807, 2.05) is 0 Å². The molecule has 0 saturated carbocycles. The molecular weight excluding hydrogens is 770 g/mol. The van der Waals surface area contributed by atoms with E-state index < -0.39 is 97.8 Å². The van der Waals surface area contributed by atoms with E-state index in [1.165, 1.54) is 19.1 Å². The van der Waals surface area contributed by atoms with Crippen LogP contribution < -0.4 is 11.0 Å². The minimum atomic E-state index is -5.07. The summed E-state index contributed by atoms with van der Waals surface area (Å²) in [6.07, 6.45) is -18.5. The highest BCUT2D eigenvalue weighted by atomic mass is 31.2. The number of morpholine rings is 1. The van der Waals surface area contributed by atoms with Gasteiger partial charge in [-0.3, -0.25) is 9.88 Å². The summed E-state index contributed by atoms with van der Waals surface area (Å²) in [5.41, 5.74) is -4.31. The lowest BCUT2D eigenvalue weighted by atomic mass is 10.0. The van der Waals surface area contributed by atoms with Crippen LogP contribution in [0.25, 0.3) is 0 Å². The number of hydrogen-bond acceptors (Lipinski definition) is 12. The molecule has 0 radical (unpaired) electrons. The molecule has 1 aliphatic rings. The van der Waals surface area contributed by atoms with Gasteiger partial charge in [0.1, 0.15) is 30.0 Å². The third-order valence-electron chi connectivity index (χ3n) is 7.93. The molecule has 1 aromatic heterocycles. The van der Waals surface area contributed by atoms with Crippen LogP contribution in [0.4, 0.5) is 30.7 Å². The summed E-state index contributed by atoms with van der Waals surface area (Å²) in [5, 5.41) is 51.1. The van der Waals surface area contributed by atoms with Crippen molar-refractivity contribution in [3.05, 3.63) is 86.8 Å². The number of likely N-dealkylation sites (N-methyl/N-ethyl adjacent to an activating group) is 1. The standard InChI is InChI=1S/C23H22F7N4O6P.C7H17NO5/c1-12(14-8-15(22(25,26)27)10-16(9-14)23(28,29)30)40-20-19(13-2-4-17(24)5-3-13)33(6-7-39-20)11-18-31-21(35)34(32-18)41(36,37)38;1-8-2-4(10)6(12)7(13)5(11)3-9/h2-5,8-10,12,19-20H,6-7,11H2,1H3,(H,31,32,35)(H2,36,37,38);4-13H,2-3H2,1H3/t12-,19-,20+;4-,5+,6+,7+/m10/s1. The molecule has 24 heteroatoms. The zero-order valence-corrected chi connectivity index (χ0v) is 29.2. The van der Waals surface area contributed by atoms with Gasteiger partial charge in [-0.15, -0.1) is 9.55 Å². The lowest BCUT2D eigenvalue weighted by Gasteiger charge is -2.41. The van der Waals surface area contributed by atoms with E-state index in [2.05, 4.69) is 15.4 Å². The summed E-state index contributed by atoms with van der Waals surface area (Å²) < 4.78 is 117. The molecule has 3 aromatic rings. The fourth-order valence-corrected chi connectivity index (χ4v) is 5.70. The van der Waals surface area contributed by atoms with Crippen LogP contribution in [0.1, 0.15) is 47.1 Å². The number of H-pyrrole nitrogens is 1. The van der Waals surface area contributed by atoms with Crippen LogP contribution in [-0.4, -0.2) is 119 Å². The zero-order chi connectivity index (χ0) is 40.8. The highest BCUT2D eigenvalue weighted by Crippen LogP contribution is 2.40. The van der Waals surface area contributed by atoms with Crippen LogP contribution in [0.2, 0.25) is 0 Å². The Labute approximate surface area is 301 Å². The number of alkyl halides is 6. The Morgan fingerprint density at radius 1 is 1.00 bits per heavy atom. The quantitative estimate of drug-likeness (QED) is 0.0865. The monoisotopic (exact) mass is 809 g/mol. The maximum atomic E-state index is 13.7. The van der Waals surface area contributed by atoms with Crippen molar-refractivity contribution >= 4 is 7.75 Å². The van der Waals surface area contributed by atoms with Gasteiger partial charge in [0.15, 0.2) is 6.29 Å². The van der Waals surface area contributed by atoms with Crippen molar-refractivity contribution in [3.63, 3.8) is 0 Å². The van der Waals surface area contributed by atoms with Gasteiger partial charge in [0.05, 0.1) is 49.1 Å². The van der Waals surface area contributed by atoms with Crippen LogP contribution in [0.5, 0.6) is 0 Å². The molecule has 0 amide bonds. The molecule has 0 aliphatic carbocycles. The average Bonchev–Trinajstić information content (AvgIpc) is 3.47. The fourth-order valence-electron chi connectivity index (χ4n) is 5.19. The average molecular weight is 810 g/mol. The van der Waals surface area contributed by atoms with Crippen LogP contribution in [0, 0.1) is 5.82 Å². The number of nitrogens with one attached hydrogen (secondary N) is 2. The van der Waals surface area contributed by atoms with Crippen molar-refractivity contribution in [2.24, 2.45) is 0 Å². The molecule has 0 unspecified atom stereocenters. The van der Waals surface area contributed by atoms with Crippen LogP contribution >= 0.6 is 7.75 Å². The molecule has 0 spiro atoms. The van der Waals surface area contributed by atoms with Crippen LogP contribution in [0.15, 0.2) is 47.3 Å². The highest BCUT2D eigenvalue weighted by Gasteiger charge is 2.40. The number of aromatic nitrogens is 3. The number of benzene rings is 2. The number of nitrogens with zero attached hydrogens (tertiary/aromatic N) is 3. The minimum absolute atomic E-state index is 0.00603. The number of aliphatic hydroxyl groups excluding tert-OH is 5. The van der Waals surface area contributed by atoms with Crippen LogP contribution in [0.3, 0.4) is 0 Å². The molecule has 4 rings (SSSR count). The molecule has 2 heterocycles. The van der Waals surface area contributed by atoms with Crippen molar-refractivity contribution < 1.29 is 80.1 Å². The van der Waals surface area contributed by atoms with E-state index in [-0.39, 0.29) is 42.6 Å². The number of hydrogen-bond donors (Lipinski definition) is 9. The third kappa shape index (κ3) is 12.1. The highest BCUT2D eigenvalue weighted by molar-refractivity contribution is 7.49. The molecule has 1 fully saturated rings. The van der Waals surface area contributed by atoms with Crippen molar-refractivity contribution in [3.8, 4) is 0 Å². The van der Waals surface area contributed by atoms with Crippen molar-refractivity contribution in [1.29, 1.82) is 0 Å². The van der Waals surface area contributed by atoms with Gasteiger partial charge in [-0.05, 0) is 55.4 Å². The number of aromatic amines is 1. The Morgan fingerprint density at radius 2 is 1.56 bits per heavy atom. The van der Waals surface area contributed by atoms with Crippen molar-refractivity contribution in [1.82, 2.24) is 24.8 Å². The summed E-state index contributed by atoms with van der Waals surface area (Å²) in [6.45, 7) is 0.473. The summed E-state index contributed by atoms with van der Waals surface area (Å²) in [6, 6.07) is 5.01. The first-order chi connectivity index (χ1) is 25.0. The zero-order valence-electron chi connectivity index (χ0n) is 28.3. The fraction of sp³-hybridized carbons (Fsp3) is 0.533. The largest absolute Gasteiger partial charge is 0.454 e. The predicted octanol–water partition coefficient (Wildman–Crippen LogP) is 1.01. The van der Waals surface area contributed by atoms with Gasteiger partial charge < -0.3 is 50.1 Å². The van der Waals surface area contributed by atoms with E-state index in [4.69, 9.17) is 29.9 Å². The van der Waals surface area contributed by atoms with E-state index in [0.29, 0.717) is 17.7 Å². The van der Waals surface area contributed by atoms with E-state index in [9.17, 15) is 55.0 Å². The summed E-state index contributed by atoms with van der Waals surface area (Å²) in [5.74, 6) is -0.775. The van der Waals surface area contributed by atoms with Gasteiger partial charge in [-0.1, -0.05) is 12.1 Å². The Hall–Kier alpha value is -3.32.